The Labute approximate surface area is 142 Å². The van der Waals surface area contributed by atoms with Gasteiger partial charge in [-0.2, -0.15) is 5.10 Å². The van der Waals surface area contributed by atoms with E-state index in [4.69, 9.17) is 9.47 Å². The Kier molecular flexibility index (Phi) is 6.48. The SMILES string of the molecule is CN=C(NCc1ccnn1C)NCC(C)Oc1cccc(OC)c1. The van der Waals surface area contributed by atoms with Crippen molar-refractivity contribution in [3.63, 3.8) is 0 Å². The number of aliphatic imine (C=N–C) groups is 1. The predicted molar refractivity (Wildman–Crippen MR) is 94.5 cm³/mol. The molecule has 1 aromatic carbocycles. The van der Waals surface area contributed by atoms with E-state index in [-0.39, 0.29) is 6.10 Å². The molecule has 0 spiro atoms. The van der Waals surface area contributed by atoms with Crippen LogP contribution in [0.5, 0.6) is 11.5 Å². The van der Waals surface area contributed by atoms with E-state index in [2.05, 4.69) is 20.7 Å². The van der Waals surface area contributed by atoms with E-state index in [1.165, 1.54) is 0 Å². The van der Waals surface area contributed by atoms with Gasteiger partial charge in [-0.15, -0.1) is 0 Å². The molecule has 1 unspecified atom stereocenters. The Morgan fingerprint density at radius 3 is 2.75 bits per heavy atom. The number of aryl methyl sites for hydroxylation is 1. The first-order valence-corrected chi connectivity index (χ1v) is 7.84. The van der Waals surface area contributed by atoms with Crippen molar-refractivity contribution >= 4 is 5.96 Å². The summed E-state index contributed by atoms with van der Waals surface area (Å²) in [4.78, 5) is 4.21. The number of nitrogens with one attached hydrogen (secondary N) is 2. The minimum Gasteiger partial charge on any atom is -0.497 e. The van der Waals surface area contributed by atoms with E-state index in [0.29, 0.717) is 13.1 Å². The Morgan fingerprint density at radius 1 is 1.29 bits per heavy atom. The number of benzene rings is 1. The molecular formula is C17H25N5O2. The van der Waals surface area contributed by atoms with Crippen LogP contribution in [0.15, 0.2) is 41.5 Å². The summed E-state index contributed by atoms with van der Waals surface area (Å²) in [6.07, 6.45) is 1.75. The summed E-state index contributed by atoms with van der Waals surface area (Å²) < 4.78 is 12.9. The van der Waals surface area contributed by atoms with Crippen molar-refractivity contribution in [3.05, 3.63) is 42.2 Å². The smallest absolute Gasteiger partial charge is 0.191 e. The lowest BCUT2D eigenvalue weighted by Crippen LogP contribution is -2.41. The zero-order valence-corrected chi connectivity index (χ0v) is 14.6. The zero-order valence-electron chi connectivity index (χ0n) is 14.6. The maximum absolute atomic E-state index is 5.88. The van der Waals surface area contributed by atoms with Crippen molar-refractivity contribution in [1.82, 2.24) is 20.4 Å². The molecule has 0 radical (unpaired) electrons. The van der Waals surface area contributed by atoms with Gasteiger partial charge in [-0.1, -0.05) is 6.07 Å². The Bertz CT molecular complexity index is 669. The van der Waals surface area contributed by atoms with Gasteiger partial charge in [-0.05, 0) is 25.1 Å². The first kappa shape index (κ1) is 17.7. The van der Waals surface area contributed by atoms with Crippen molar-refractivity contribution in [1.29, 1.82) is 0 Å². The van der Waals surface area contributed by atoms with E-state index in [9.17, 15) is 0 Å². The van der Waals surface area contributed by atoms with Crippen LogP contribution < -0.4 is 20.1 Å². The highest BCUT2D eigenvalue weighted by Crippen LogP contribution is 2.19. The van der Waals surface area contributed by atoms with Crippen molar-refractivity contribution in [2.24, 2.45) is 12.0 Å². The fourth-order valence-electron chi connectivity index (χ4n) is 2.16. The van der Waals surface area contributed by atoms with Gasteiger partial charge in [0.1, 0.15) is 17.6 Å². The monoisotopic (exact) mass is 331 g/mol. The second-order valence-corrected chi connectivity index (χ2v) is 5.36. The molecule has 0 bridgehead atoms. The lowest BCUT2D eigenvalue weighted by atomic mass is 10.3. The molecule has 0 saturated carbocycles. The molecule has 1 aromatic heterocycles. The Balaban J connectivity index is 1.78. The van der Waals surface area contributed by atoms with Crippen LogP contribution in [0.2, 0.25) is 0 Å². The highest BCUT2D eigenvalue weighted by atomic mass is 16.5. The first-order chi connectivity index (χ1) is 11.6. The minimum absolute atomic E-state index is 0.0210. The second-order valence-electron chi connectivity index (χ2n) is 5.36. The third-order valence-electron chi connectivity index (χ3n) is 3.52. The largest absolute Gasteiger partial charge is 0.497 e. The molecule has 0 saturated heterocycles. The van der Waals surface area contributed by atoms with Gasteiger partial charge in [-0.25, -0.2) is 0 Å². The van der Waals surface area contributed by atoms with Crippen LogP contribution in [0, 0.1) is 0 Å². The van der Waals surface area contributed by atoms with Crippen LogP contribution in [0.3, 0.4) is 0 Å². The maximum atomic E-state index is 5.88. The number of nitrogens with zero attached hydrogens (tertiary/aromatic N) is 3. The van der Waals surface area contributed by atoms with Crippen LogP contribution in [-0.4, -0.2) is 42.5 Å². The molecule has 2 aromatic rings. The van der Waals surface area contributed by atoms with E-state index in [0.717, 1.165) is 23.2 Å². The maximum Gasteiger partial charge on any atom is 0.191 e. The zero-order chi connectivity index (χ0) is 17.4. The Hall–Kier alpha value is -2.70. The molecular weight excluding hydrogens is 306 g/mol. The van der Waals surface area contributed by atoms with Gasteiger partial charge < -0.3 is 20.1 Å². The summed E-state index contributed by atoms with van der Waals surface area (Å²) in [5, 5.41) is 10.6. The van der Waals surface area contributed by atoms with Crippen molar-refractivity contribution in [2.45, 2.75) is 19.6 Å². The highest BCUT2D eigenvalue weighted by molar-refractivity contribution is 5.79. The van der Waals surface area contributed by atoms with Gasteiger partial charge in [0.25, 0.3) is 0 Å². The minimum atomic E-state index is -0.0210. The number of hydrogen-bond donors (Lipinski definition) is 2. The lowest BCUT2D eigenvalue weighted by molar-refractivity contribution is 0.223. The molecule has 0 aliphatic rings. The molecule has 7 heteroatoms. The second kappa shape index (κ2) is 8.81. The first-order valence-electron chi connectivity index (χ1n) is 7.84. The summed E-state index contributed by atoms with van der Waals surface area (Å²) in [6, 6.07) is 9.54. The molecule has 1 atom stereocenters. The van der Waals surface area contributed by atoms with Crippen LogP contribution in [-0.2, 0) is 13.6 Å². The van der Waals surface area contributed by atoms with Crippen molar-refractivity contribution in [2.75, 3.05) is 20.7 Å². The third kappa shape index (κ3) is 5.19. The van der Waals surface area contributed by atoms with Crippen LogP contribution in [0.4, 0.5) is 0 Å². The molecule has 0 aliphatic carbocycles. The lowest BCUT2D eigenvalue weighted by Gasteiger charge is -2.18. The summed E-state index contributed by atoms with van der Waals surface area (Å²) in [5.41, 5.74) is 1.08. The molecule has 0 fully saturated rings. The Morgan fingerprint density at radius 2 is 2.08 bits per heavy atom. The number of hydrogen-bond acceptors (Lipinski definition) is 4. The molecule has 7 nitrogen and oxygen atoms in total. The van der Waals surface area contributed by atoms with E-state index >= 15 is 0 Å². The van der Waals surface area contributed by atoms with E-state index in [1.54, 1.807) is 20.4 Å². The number of guanidine groups is 1. The molecule has 2 N–H and O–H groups in total. The highest BCUT2D eigenvalue weighted by Gasteiger charge is 2.07. The topological polar surface area (TPSA) is 72.7 Å². The van der Waals surface area contributed by atoms with Crippen LogP contribution >= 0.6 is 0 Å². The van der Waals surface area contributed by atoms with Crippen LogP contribution in [0.25, 0.3) is 0 Å². The molecule has 130 valence electrons. The van der Waals surface area contributed by atoms with E-state index in [1.807, 2.05) is 49.0 Å². The van der Waals surface area contributed by atoms with Gasteiger partial charge in [0.05, 0.1) is 25.9 Å². The quantitative estimate of drug-likeness (QED) is 0.595. The van der Waals surface area contributed by atoms with Gasteiger partial charge in [0.2, 0.25) is 0 Å². The standard InChI is InChI=1S/C17H25N5O2/c1-13(24-16-7-5-6-15(10-16)23-4)11-19-17(18-2)20-12-14-8-9-21-22(14)3/h5-10,13H,11-12H2,1-4H3,(H2,18,19,20). The number of ether oxygens (including phenoxy) is 2. The average molecular weight is 331 g/mol. The summed E-state index contributed by atoms with van der Waals surface area (Å²) in [6.45, 7) is 3.28. The summed E-state index contributed by atoms with van der Waals surface area (Å²) >= 11 is 0. The molecule has 2 rings (SSSR count). The van der Waals surface area contributed by atoms with Gasteiger partial charge in [-0.3, -0.25) is 9.67 Å². The summed E-state index contributed by atoms with van der Waals surface area (Å²) in [7, 11) is 5.30. The fourth-order valence-corrected chi connectivity index (χ4v) is 2.16. The third-order valence-corrected chi connectivity index (χ3v) is 3.52. The predicted octanol–water partition coefficient (Wildman–Crippen LogP) is 1.56. The molecule has 0 amide bonds. The van der Waals surface area contributed by atoms with Gasteiger partial charge >= 0.3 is 0 Å². The number of aromatic nitrogens is 2. The van der Waals surface area contributed by atoms with Crippen LogP contribution in [0.1, 0.15) is 12.6 Å². The molecule has 0 aliphatic heterocycles. The van der Waals surface area contributed by atoms with Crippen molar-refractivity contribution < 1.29 is 9.47 Å². The van der Waals surface area contributed by atoms with Crippen molar-refractivity contribution in [3.8, 4) is 11.5 Å². The molecule has 24 heavy (non-hydrogen) atoms. The fraction of sp³-hybridized carbons (Fsp3) is 0.412. The number of rotatable bonds is 7. The summed E-state index contributed by atoms with van der Waals surface area (Å²) in [5.74, 6) is 2.28. The molecule has 1 heterocycles. The van der Waals surface area contributed by atoms with Gasteiger partial charge in [0, 0.05) is 26.4 Å². The van der Waals surface area contributed by atoms with E-state index < -0.39 is 0 Å². The number of methoxy groups -OCH3 is 1. The normalized spacial score (nSPS) is 12.6. The van der Waals surface area contributed by atoms with Gasteiger partial charge in [0.15, 0.2) is 5.96 Å². The average Bonchev–Trinajstić information content (AvgIpc) is 3.00.